The van der Waals surface area contributed by atoms with Crippen molar-refractivity contribution < 1.29 is 27.1 Å². The summed E-state index contributed by atoms with van der Waals surface area (Å²) in [5.41, 5.74) is -0.165. The highest BCUT2D eigenvalue weighted by Gasteiger charge is 2.30. The Bertz CT molecular complexity index is 1170. The number of ether oxygens (including phenoxy) is 1. The van der Waals surface area contributed by atoms with Gasteiger partial charge in [0.2, 0.25) is 5.89 Å². The van der Waals surface area contributed by atoms with Crippen LogP contribution in [0.25, 0.3) is 11.5 Å². The number of hydrogen-bond donors (Lipinski definition) is 1. The molecular formula is C22H14F3N3O3. The van der Waals surface area contributed by atoms with Gasteiger partial charge in [-0.15, -0.1) is 5.10 Å². The number of carbonyl (C=O) groups excluding carboxylic acids is 1. The Labute approximate surface area is 174 Å². The SMILES string of the molecule is O=C(Nc1nnc(-c2ccc(C(F)(F)F)cc2)o1)c1ccc(Oc2ccccc2)cc1. The molecule has 4 aromatic rings. The molecule has 1 aromatic heterocycles. The van der Waals surface area contributed by atoms with Gasteiger partial charge in [0.15, 0.2) is 0 Å². The van der Waals surface area contributed by atoms with E-state index in [1.165, 1.54) is 12.1 Å². The predicted octanol–water partition coefficient (Wildman–Crippen LogP) is 5.80. The van der Waals surface area contributed by atoms with Crippen molar-refractivity contribution in [2.75, 3.05) is 5.32 Å². The first-order valence-electron chi connectivity index (χ1n) is 9.04. The number of nitrogens with zero attached hydrogens (tertiary/aromatic N) is 2. The molecule has 0 bridgehead atoms. The molecule has 0 aliphatic carbocycles. The summed E-state index contributed by atoms with van der Waals surface area (Å²) in [6.45, 7) is 0. The second-order valence-corrected chi connectivity index (χ2v) is 6.38. The van der Waals surface area contributed by atoms with E-state index in [2.05, 4.69) is 15.5 Å². The molecule has 1 amide bonds. The van der Waals surface area contributed by atoms with Gasteiger partial charge in [-0.2, -0.15) is 13.2 Å². The fourth-order valence-electron chi connectivity index (χ4n) is 2.66. The molecule has 31 heavy (non-hydrogen) atoms. The lowest BCUT2D eigenvalue weighted by molar-refractivity contribution is -0.137. The summed E-state index contributed by atoms with van der Waals surface area (Å²) in [5.74, 6) is 0.719. The van der Waals surface area contributed by atoms with E-state index in [1.54, 1.807) is 24.3 Å². The molecule has 0 saturated heterocycles. The molecule has 0 fully saturated rings. The van der Waals surface area contributed by atoms with Crippen molar-refractivity contribution >= 4 is 11.9 Å². The van der Waals surface area contributed by atoms with E-state index in [4.69, 9.17) is 9.15 Å². The van der Waals surface area contributed by atoms with Crippen LogP contribution in [0, 0.1) is 0 Å². The molecule has 6 nitrogen and oxygen atoms in total. The number of aromatic nitrogens is 2. The van der Waals surface area contributed by atoms with Gasteiger partial charge in [0, 0.05) is 11.1 Å². The molecule has 0 saturated carbocycles. The van der Waals surface area contributed by atoms with Gasteiger partial charge in [-0.3, -0.25) is 10.1 Å². The van der Waals surface area contributed by atoms with Crippen LogP contribution in [0.5, 0.6) is 11.5 Å². The lowest BCUT2D eigenvalue weighted by atomic mass is 10.1. The summed E-state index contributed by atoms with van der Waals surface area (Å²) in [6, 6.07) is 19.7. The summed E-state index contributed by atoms with van der Waals surface area (Å²) >= 11 is 0. The number of hydrogen-bond acceptors (Lipinski definition) is 5. The number of carbonyl (C=O) groups is 1. The van der Waals surface area contributed by atoms with Crippen LogP contribution in [0.2, 0.25) is 0 Å². The maximum atomic E-state index is 12.7. The van der Waals surface area contributed by atoms with Crippen molar-refractivity contribution in [1.29, 1.82) is 0 Å². The zero-order chi connectivity index (χ0) is 21.8. The second kappa shape index (κ2) is 8.31. The summed E-state index contributed by atoms with van der Waals surface area (Å²) < 4.78 is 49.0. The number of nitrogens with one attached hydrogen (secondary N) is 1. The Balaban J connectivity index is 1.41. The smallest absolute Gasteiger partial charge is 0.416 e. The number of rotatable bonds is 5. The van der Waals surface area contributed by atoms with Crippen LogP contribution < -0.4 is 10.1 Å². The van der Waals surface area contributed by atoms with Crippen molar-refractivity contribution in [3.05, 3.63) is 90.0 Å². The third kappa shape index (κ3) is 4.89. The quantitative estimate of drug-likeness (QED) is 0.437. The van der Waals surface area contributed by atoms with E-state index in [9.17, 15) is 18.0 Å². The van der Waals surface area contributed by atoms with E-state index >= 15 is 0 Å². The molecule has 156 valence electrons. The molecule has 0 radical (unpaired) electrons. The van der Waals surface area contributed by atoms with E-state index in [-0.39, 0.29) is 11.9 Å². The second-order valence-electron chi connectivity index (χ2n) is 6.38. The molecule has 4 rings (SSSR count). The molecule has 0 unspecified atom stereocenters. The van der Waals surface area contributed by atoms with Crippen LogP contribution in [0.15, 0.2) is 83.3 Å². The fraction of sp³-hybridized carbons (Fsp3) is 0.0455. The molecule has 0 aliphatic rings. The van der Waals surface area contributed by atoms with Crippen LogP contribution >= 0.6 is 0 Å². The van der Waals surface area contributed by atoms with Crippen molar-refractivity contribution in [1.82, 2.24) is 10.2 Å². The highest BCUT2D eigenvalue weighted by molar-refractivity contribution is 6.03. The van der Waals surface area contributed by atoms with Crippen LogP contribution in [0.4, 0.5) is 19.2 Å². The number of para-hydroxylation sites is 1. The summed E-state index contributed by atoms with van der Waals surface area (Å²) in [5, 5.41) is 9.91. The van der Waals surface area contributed by atoms with E-state index < -0.39 is 17.6 Å². The molecule has 1 heterocycles. The number of amides is 1. The minimum atomic E-state index is -4.44. The van der Waals surface area contributed by atoms with Gasteiger partial charge in [0.1, 0.15) is 11.5 Å². The summed E-state index contributed by atoms with van der Waals surface area (Å²) in [6.07, 6.45) is -4.44. The Morgan fingerprint density at radius 3 is 2.13 bits per heavy atom. The largest absolute Gasteiger partial charge is 0.457 e. The summed E-state index contributed by atoms with van der Waals surface area (Å²) in [4.78, 5) is 12.4. The minimum absolute atomic E-state index is 0.0179. The van der Waals surface area contributed by atoms with Gasteiger partial charge < -0.3 is 9.15 Å². The van der Waals surface area contributed by atoms with Gasteiger partial charge in [-0.1, -0.05) is 23.3 Å². The topological polar surface area (TPSA) is 77.3 Å². The van der Waals surface area contributed by atoms with Crippen molar-refractivity contribution in [3.8, 4) is 23.0 Å². The Morgan fingerprint density at radius 2 is 1.48 bits per heavy atom. The number of halogens is 3. The van der Waals surface area contributed by atoms with Gasteiger partial charge in [-0.25, -0.2) is 0 Å². The molecule has 1 N–H and O–H groups in total. The number of alkyl halides is 3. The van der Waals surface area contributed by atoms with Gasteiger partial charge in [-0.05, 0) is 60.7 Å². The van der Waals surface area contributed by atoms with Crippen molar-refractivity contribution in [2.45, 2.75) is 6.18 Å². The maximum absolute atomic E-state index is 12.7. The monoisotopic (exact) mass is 425 g/mol. The third-order valence-corrected chi connectivity index (χ3v) is 4.20. The van der Waals surface area contributed by atoms with Crippen LogP contribution in [-0.2, 0) is 6.18 Å². The van der Waals surface area contributed by atoms with Gasteiger partial charge in [0.05, 0.1) is 5.56 Å². The van der Waals surface area contributed by atoms with Crippen LogP contribution in [-0.4, -0.2) is 16.1 Å². The Kier molecular flexibility index (Phi) is 5.40. The van der Waals surface area contributed by atoms with Crippen LogP contribution in [0.1, 0.15) is 15.9 Å². The number of benzene rings is 3. The Hall–Kier alpha value is -4.14. The first kappa shape index (κ1) is 20.1. The zero-order valence-corrected chi connectivity index (χ0v) is 15.8. The summed E-state index contributed by atoms with van der Waals surface area (Å²) in [7, 11) is 0. The van der Waals surface area contributed by atoms with Crippen LogP contribution in [0.3, 0.4) is 0 Å². The third-order valence-electron chi connectivity index (χ3n) is 4.20. The molecule has 0 aliphatic heterocycles. The van der Waals surface area contributed by atoms with E-state index in [0.717, 1.165) is 12.1 Å². The lowest BCUT2D eigenvalue weighted by Crippen LogP contribution is -2.11. The molecule has 9 heteroatoms. The Morgan fingerprint density at radius 1 is 0.839 bits per heavy atom. The fourth-order valence-corrected chi connectivity index (χ4v) is 2.66. The molecular weight excluding hydrogens is 411 g/mol. The average molecular weight is 425 g/mol. The first-order chi connectivity index (χ1) is 14.9. The maximum Gasteiger partial charge on any atom is 0.416 e. The number of anilines is 1. The van der Waals surface area contributed by atoms with Gasteiger partial charge in [0.25, 0.3) is 5.91 Å². The molecule has 3 aromatic carbocycles. The highest BCUT2D eigenvalue weighted by Crippen LogP contribution is 2.31. The lowest BCUT2D eigenvalue weighted by Gasteiger charge is -2.06. The minimum Gasteiger partial charge on any atom is -0.457 e. The average Bonchev–Trinajstić information content (AvgIpc) is 3.23. The molecule has 0 spiro atoms. The predicted molar refractivity (Wildman–Crippen MR) is 106 cm³/mol. The van der Waals surface area contributed by atoms with E-state index in [1.807, 2.05) is 30.3 Å². The standard InChI is InChI=1S/C22H14F3N3O3/c23-22(24,25)16-10-6-15(7-11-16)20-27-28-21(31-20)26-19(29)14-8-12-18(13-9-14)30-17-4-2-1-3-5-17/h1-13H,(H,26,28,29). The first-order valence-corrected chi connectivity index (χ1v) is 9.04. The highest BCUT2D eigenvalue weighted by atomic mass is 19.4. The normalized spacial score (nSPS) is 11.2. The van der Waals surface area contributed by atoms with Gasteiger partial charge >= 0.3 is 12.2 Å². The van der Waals surface area contributed by atoms with E-state index in [0.29, 0.717) is 22.6 Å². The van der Waals surface area contributed by atoms with Crippen molar-refractivity contribution in [3.63, 3.8) is 0 Å². The molecule has 0 atom stereocenters. The zero-order valence-electron chi connectivity index (χ0n) is 15.8. The van der Waals surface area contributed by atoms with Crippen molar-refractivity contribution in [2.24, 2.45) is 0 Å².